The zero-order chi connectivity index (χ0) is 13.2. The lowest BCUT2D eigenvalue weighted by Gasteiger charge is -2.36. The lowest BCUT2D eigenvalue weighted by molar-refractivity contribution is 0.312. The molecule has 1 atom stereocenters. The van der Waals surface area contributed by atoms with Crippen LogP contribution >= 0.6 is 22.9 Å². The highest BCUT2D eigenvalue weighted by Crippen LogP contribution is 2.39. The molecule has 1 unspecified atom stereocenters. The third-order valence-corrected chi connectivity index (χ3v) is 5.48. The average molecular weight is 371 g/mol. The van der Waals surface area contributed by atoms with Gasteiger partial charge in [0.15, 0.2) is 0 Å². The Hall–Kier alpha value is -0.330. The first-order chi connectivity index (χ1) is 9.25. The molecular weight excluding hydrogens is 349 g/mol. The van der Waals surface area contributed by atoms with Crippen LogP contribution in [0.1, 0.15) is 24.4 Å². The lowest BCUT2D eigenvalue weighted by atomic mass is 10.0. The van der Waals surface area contributed by atoms with Crippen LogP contribution in [0.5, 0.6) is 0 Å². The van der Waals surface area contributed by atoms with Crippen LogP contribution in [0.3, 0.4) is 0 Å². The van der Waals surface area contributed by atoms with Gasteiger partial charge in [0.2, 0.25) is 0 Å². The Kier molecular flexibility index (Phi) is 4.29. The van der Waals surface area contributed by atoms with Crippen molar-refractivity contribution in [1.82, 2.24) is 8.01 Å². The fourth-order valence-corrected chi connectivity index (χ4v) is 4.06. The van der Waals surface area contributed by atoms with Crippen LogP contribution in [-0.4, -0.2) is 47.8 Å². The van der Waals surface area contributed by atoms with Gasteiger partial charge in [-0.1, -0.05) is 18.2 Å². The second-order valence-corrected chi connectivity index (χ2v) is 6.87. The van der Waals surface area contributed by atoms with Crippen molar-refractivity contribution in [3.8, 4) is 0 Å². The summed E-state index contributed by atoms with van der Waals surface area (Å²) in [6, 6.07) is 9.62. The fourth-order valence-electron chi connectivity index (χ4n) is 3.14. The number of nitrogens with zero attached hydrogens (tertiary/aromatic N) is 3. The number of hydrogen-bond acceptors (Lipinski definition) is 3. The van der Waals surface area contributed by atoms with Crippen LogP contribution < -0.4 is 4.90 Å². The van der Waals surface area contributed by atoms with E-state index in [4.69, 9.17) is 0 Å². The molecule has 19 heavy (non-hydrogen) atoms. The minimum Gasteiger partial charge on any atom is -0.369 e. The summed E-state index contributed by atoms with van der Waals surface area (Å²) in [5.74, 6) is 0. The van der Waals surface area contributed by atoms with Crippen molar-refractivity contribution in [2.24, 2.45) is 0 Å². The van der Waals surface area contributed by atoms with Gasteiger partial charge in [-0.25, -0.2) is 3.11 Å². The molecule has 0 spiro atoms. The minimum atomic E-state index is 0.608. The predicted molar refractivity (Wildman–Crippen MR) is 88.9 cm³/mol. The number of likely N-dealkylation sites (N-methyl/N-ethyl adjacent to an activating group) is 1. The molecule has 1 aromatic rings. The number of benzene rings is 1. The van der Waals surface area contributed by atoms with Crippen LogP contribution in [0.25, 0.3) is 0 Å². The maximum absolute atomic E-state index is 2.57. The molecule has 2 aliphatic rings. The predicted octanol–water partition coefficient (Wildman–Crippen LogP) is 2.93. The molecule has 2 heterocycles. The first-order valence-electron chi connectivity index (χ1n) is 7.20. The highest BCUT2D eigenvalue weighted by atomic mass is 127. The molecule has 4 heteroatoms. The van der Waals surface area contributed by atoms with Gasteiger partial charge in [0.1, 0.15) is 0 Å². The molecule has 0 bridgehead atoms. The Morgan fingerprint density at radius 3 is 2.47 bits per heavy atom. The fraction of sp³-hybridized carbons (Fsp3) is 0.600. The molecule has 0 aromatic heterocycles. The van der Waals surface area contributed by atoms with E-state index >= 15 is 0 Å². The molecule has 104 valence electrons. The van der Waals surface area contributed by atoms with Gasteiger partial charge < -0.3 is 9.80 Å². The van der Waals surface area contributed by atoms with E-state index in [1.165, 1.54) is 43.7 Å². The number of hydrogen-bond donors (Lipinski definition) is 0. The third kappa shape index (κ3) is 2.90. The van der Waals surface area contributed by atoms with Crippen molar-refractivity contribution in [2.75, 3.05) is 44.7 Å². The van der Waals surface area contributed by atoms with Gasteiger partial charge in [0.25, 0.3) is 0 Å². The van der Waals surface area contributed by atoms with E-state index in [2.05, 4.69) is 67.1 Å². The summed E-state index contributed by atoms with van der Waals surface area (Å²) in [6.07, 6.45) is 2.62. The van der Waals surface area contributed by atoms with E-state index in [-0.39, 0.29) is 0 Å². The number of halogens is 1. The quantitative estimate of drug-likeness (QED) is 0.585. The summed E-state index contributed by atoms with van der Waals surface area (Å²) in [6.45, 7) is 5.88. The standard InChI is InChI=1S/C15H22IN3/c1-17-9-11-18(12-10-17)14-6-3-2-5-13(14)15-7-4-8-19(15)16/h2-3,5-6,15H,4,7-12H2,1H3. The maximum Gasteiger partial charge on any atom is 0.0464 e. The Morgan fingerprint density at radius 1 is 1.05 bits per heavy atom. The van der Waals surface area contributed by atoms with Gasteiger partial charge >= 0.3 is 0 Å². The first-order valence-corrected chi connectivity index (χ1v) is 8.17. The maximum atomic E-state index is 2.57. The highest BCUT2D eigenvalue weighted by Gasteiger charge is 2.27. The second kappa shape index (κ2) is 5.97. The zero-order valence-corrected chi connectivity index (χ0v) is 13.7. The highest BCUT2D eigenvalue weighted by molar-refractivity contribution is 14.1. The normalized spacial score (nSPS) is 26.0. The minimum absolute atomic E-state index is 0.608. The molecule has 0 N–H and O–H groups in total. The summed E-state index contributed by atoms with van der Waals surface area (Å²) >= 11 is 2.49. The van der Waals surface area contributed by atoms with Crippen molar-refractivity contribution in [3.63, 3.8) is 0 Å². The van der Waals surface area contributed by atoms with Crippen molar-refractivity contribution < 1.29 is 0 Å². The zero-order valence-electron chi connectivity index (χ0n) is 11.6. The average Bonchev–Trinajstić information content (AvgIpc) is 2.86. The van der Waals surface area contributed by atoms with Crippen LogP contribution in [-0.2, 0) is 0 Å². The molecule has 2 fully saturated rings. The van der Waals surface area contributed by atoms with Crippen LogP contribution in [0, 0.1) is 0 Å². The second-order valence-electron chi connectivity index (χ2n) is 5.63. The third-order valence-electron chi connectivity index (χ3n) is 4.33. The molecule has 2 aliphatic heterocycles. The largest absolute Gasteiger partial charge is 0.369 e. The first kappa shape index (κ1) is 13.6. The number of rotatable bonds is 2. The van der Waals surface area contributed by atoms with Crippen molar-refractivity contribution in [2.45, 2.75) is 18.9 Å². The molecular formula is C15H22IN3. The summed E-state index contributed by atoms with van der Waals surface area (Å²) in [4.78, 5) is 4.98. The number of para-hydroxylation sites is 1. The van der Waals surface area contributed by atoms with Gasteiger partial charge in [0, 0.05) is 67.3 Å². The van der Waals surface area contributed by atoms with Gasteiger partial charge in [-0.05, 0) is 31.5 Å². The smallest absolute Gasteiger partial charge is 0.0464 e. The monoisotopic (exact) mass is 371 g/mol. The van der Waals surface area contributed by atoms with Gasteiger partial charge in [-0.3, -0.25) is 0 Å². The van der Waals surface area contributed by atoms with E-state index in [1.54, 1.807) is 0 Å². The van der Waals surface area contributed by atoms with Crippen molar-refractivity contribution >= 4 is 28.6 Å². The summed E-state index contributed by atoms with van der Waals surface area (Å²) in [5, 5.41) is 0. The van der Waals surface area contributed by atoms with Crippen LogP contribution in [0.15, 0.2) is 24.3 Å². The van der Waals surface area contributed by atoms with Crippen molar-refractivity contribution in [3.05, 3.63) is 29.8 Å². The summed E-state index contributed by atoms with van der Waals surface area (Å²) < 4.78 is 2.48. The Morgan fingerprint density at radius 2 is 1.79 bits per heavy atom. The van der Waals surface area contributed by atoms with E-state index in [1.807, 2.05) is 0 Å². The van der Waals surface area contributed by atoms with E-state index in [0.29, 0.717) is 6.04 Å². The topological polar surface area (TPSA) is 9.72 Å². The van der Waals surface area contributed by atoms with E-state index in [9.17, 15) is 0 Å². The van der Waals surface area contributed by atoms with Crippen LogP contribution in [0.2, 0.25) is 0 Å². The SMILES string of the molecule is CN1CCN(c2ccccc2C2CCCN2I)CC1. The van der Waals surface area contributed by atoms with E-state index in [0.717, 1.165) is 13.1 Å². The van der Waals surface area contributed by atoms with Crippen LogP contribution in [0.4, 0.5) is 5.69 Å². The summed E-state index contributed by atoms with van der Waals surface area (Å²) in [5.41, 5.74) is 2.99. The van der Waals surface area contributed by atoms with E-state index < -0.39 is 0 Å². The molecule has 3 rings (SSSR count). The molecule has 1 aromatic carbocycles. The lowest BCUT2D eigenvalue weighted by Crippen LogP contribution is -2.45. The molecule has 0 saturated carbocycles. The Bertz CT molecular complexity index is 429. The van der Waals surface area contributed by atoms with Gasteiger partial charge in [0.05, 0.1) is 0 Å². The molecule has 2 saturated heterocycles. The molecule has 0 radical (unpaired) electrons. The molecule has 0 amide bonds. The number of anilines is 1. The molecule has 3 nitrogen and oxygen atoms in total. The molecule has 0 aliphatic carbocycles. The number of piperazine rings is 1. The Labute approximate surface area is 130 Å². The van der Waals surface area contributed by atoms with Gasteiger partial charge in [-0.2, -0.15) is 0 Å². The van der Waals surface area contributed by atoms with Gasteiger partial charge in [-0.15, -0.1) is 0 Å². The Balaban J connectivity index is 1.85. The summed E-state index contributed by atoms with van der Waals surface area (Å²) in [7, 11) is 2.22. The van der Waals surface area contributed by atoms with Crippen molar-refractivity contribution in [1.29, 1.82) is 0 Å².